The highest BCUT2D eigenvalue weighted by Gasteiger charge is 2.16. The van der Waals surface area contributed by atoms with Crippen LogP contribution >= 0.6 is 0 Å². The lowest BCUT2D eigenvalue weighted by atomic mass is 10.0. The second-order valence-electron chi connectivity index (χ2n) is 6.93. The van der Waals surface area contributed by atoms with Crippen LogP contribution < -0.4 is 15.0 Å². The highest BCUT2D eigenvalue weighted by molar-refractivity contribution is 5.94. The molecule has 0 atom stereocenters. The van der Waals surface area contributed by atoms with Crippen molar-refractivity contribution in [2.45, 2.75) is 45.4 Å². The van der Waals surface area contributed by atoms with E-state index in [9.17, 15) is 9.59 Å². The lowest BCUT2D eigenvalue weighted by Gasteiger charge is -2.22. The first kappa shape index (κ1) is 19.9. The van der Waals surface area contributed by atoms with Crippen molar-refractivity contribution in [2.24, 2.45) is 0 Å². The van der Waals surface area contributed by atoms with Crippen LogP contribution in [0.3, 0.4) is 0 Å². The fourth-order valence-corrected chi connectivity index (χ4v) is 3.23. The van der Waals surface area contributed by atoms with Gasteiger partial charge in [-0.3, -0.25) is 14.6 Å². The van der Waals surface area contributed by atoms with Gasteiger partial charge in [0.25, 0.3) is 0 Å². The zero-order chi connectivity index (χ0) is 19.8. The van der Waals surface area contributed by atoms with E-state index in [1.165, 1.54) is 0 Å². The van der Waals surface area contributed by atoms with E-state index in [4.69, 9.17) is 4.74 Å². The van der Waals surface area contributed by atoms with E-state index in [1.807, 2.05) is 35.2 Å². The molecular formula is C22H27N3O3. The van der Waals surface area contributed by atoms with E-state index >= 15 is 0 Å². The Hall–Kier alpha value is -2.89. The van der Waals surface area contributed by atoms with Crippen molar-refractivity contribution in [3.05, 3.63) is 48.3 Å². The van der Waals surface area contributed by atoms with Gasteiger partial charge in [-0.15, -0.1) is 0 Å². The summed E-state index contributed by atoms with van der Waals surface area (Å²) < 4.78 is 5.82. The molecular weight excluding hydrogens is 354 g/mol. The van der Waals surface area contributed by atoms with Crippen LogP contribution in [0.2, 0.25) is 0 Å². The van der Waals surface area contributed by atoms with Crippen LogP contribution in [0.25, 0.3) is 0 Å². The van der Waals surface area contributed by atoms with Crippen LogP contribution in [0.15, 0.2) is 42.7 Å². The van der Waals surface area contributed by atoms with Gasteiger partial charge < -0.3 is 15.0 Å². The van der Waals surface area contributed by atoms with Crippen LogP contribution in [-0.4, -0.2) is 29.9 Å². The summed E-state index contributed by atoms with van der Waals surface area (Å²) in [5.41, 5.74) is 2.80. The first-order chi connectivity index (χ1) is 13.7. The third-order valence-corrected chi connectivity index (χ3v) is 4.77. The molecule has 2 aromatic rings. The number of anilines is 2. The summed E-state index contributed by atoms with van der Waals surface area (Å²) >= 11 is 0. The van der Waals surface area contributed by atoms with Gasteiger partial charge in [0.2, 0.25) is 11.8 Å². The first-order valence-corrected chi connectivity index (χ1v) is 9.93. The van der Waals surface area contributed by atoms with E-state index in [0.29, 0.717) is 32.4 Å². The van der Waals surface area contributed by atoms with Gasteiger partial charge in [-0.2, -0.15) is 0 Å². The summed E-state index contributed by atoms with van der Waals surface area (Å²) in [6.45, 7) is 3.30. The number of ether oxygens (including phenoxy) is 1. The molecule has 2 amide bonds. The van der Waals surface area contributed by atoms with Crippen molar-refractivity contribution in [2.75, 3.05) is 23.4 Å². The molecule has 0 saturated heterocycles. The minimum absolute atomic E-state index is 0.0564. The Bertz CT molecular complexity index is 808. The molecule has 0 aliphatic carbocycles. The van der Waals surface area contributed by atoms with E-state index in [1.54, 1.807) is 12.4 Å². The molecule has 0 radical (unpaired) electrons. The average molecular weight is 381 g/mol. The maximum atomic E-state index is 12.7. The molecule has 6 nitrogen and oxygen atoms in total. The number of aromatic nitrogens is 1. The van der Waals surface area contributed by atoms with Gasteiger partial charge in [0.1, 0.15) is 5.75 Å². The number of amides is 2. The largest absolute Gasteiger partial charge is 0.494 e. The van der Waals surface area contributed by atoms with Gasteiger partial charge in [-0.05, 0) is 55.2 Å². The van der Waals surface area contributed by atoms with Crippen LogP contribution in [-0.2, 0) is 16.0 Å². The topological polar surface area (TPSA) is 71.5 Å². The zero-order valence-corrected chi connectivity index (χ0v) is 16.3. The Morgan fingerprint density at radius 3 is 2.93 bits per heavy atom. The molecule has 0 spiro atoms. The van der Waals surface area contributed by atoms with Gasteiger partial charge in [-0.1, -0.05) is 13.3 Å². The Morgan fingerprint density at radius 2 is 2.14 bits per heavy atom. The quantitative estimate of drug-likeness (QED) is 0.668. The lowest BCUT2D eigenvalue weighted by Crippen LogP contribution is -2.32. The third-order valence-electron chi connectivity index (χ3n) is 4.77. The van der Waals surface area contributed by atoms with E-state index in [0.717, 1.165) is 42.0 Å². The molecule has 6 heteroatoms. The standard InChI is InChI=1S/C22H27N3O3/c1-2-3-13-25(18-6-4-12-23-16-18)22(27)7-5-14-28-19-9-10-20-17(15-19)8-11-21(26)24-20/h4,6,9-10,12,15-16H,2-3,5,7-8,11,13-14H2,1H3,(H,24,26). The maximum absolute atomic E-state index is 12.7. The number of benzene rings is 1. The maximum Gasteiger partial charge on any atom is 0.227 e. The number of pyridine rings is 1. The summed E-state index contributed by atoms with van der Waals surface area (Å²) in [4.78, 5) is 30.1. The fourth-order valence-electron chi connectivity index (χ4n) is 3.23. The molecule has 0 fully saturated rings. The Balaban J connectivity index is 1.49. The minimum atomic E-state index is 0.0564. The summed E-state index contributed by atoms with van der Waals surface area (Å²) in [5, 5.41) is 2.86. The zero-order valence-electron chi connectivity index (χ0n) is 16.3. The number of hydrogen-bond donors (Lipinski definition) is 1. The predicted molar refractivity (Wildman–Crippen MR) is 110 cm³/mol. The molecule has 1 aliphatic heterocycles. The summed E-state index contributed by atoms with van der Waals surface area (Å²) in [6.07, 6.45) is 7.75. The second kappa shape index (κ2) is 9.88. The Kier molecular flexibility index (Phi) is 7.00. The number of hydrogen-bond acceptors (Lipinski definition) is 4. The van der Waals surface area contributed by atoms with Crippen LogP contribution in [0.4, 0.5) is 11.4 Å². The van der Waals surface area contributed by atoms with E-state index < -0.39 is 0 Å². The van der Waals surface area contributed by atoms with Crippen molar-refractivity contribution < 1.29 is 14.3 Å². The molecule has 2 heterocycles. The highest BCUT2D eigenvalue weighted by atomic mass is 16.5. The van der Waals surface area contributed by atoms with Gasteiger partial charge in [0.15, 0.2) is 0 Å². The van der Waals surface area contributed by atoms with Crippen molar-refractivity contribution in [1.29, 1.82) is 0 Å². The molecule has 0 bridgehead atoms. The second-order valence-corrected chi connectivity index (χ2v) is 6.93. The molecule has 0 saturated carbocycles. The number of carbonyl (C=O) groups is 2. The number of nitrogens with one attached hydrogen (secondary N) is 1. The number of carbonyl (C=O) groups excluding carboxylic acids is 2. The van der Waals surface area contributed by atoms with Gasteiger partial charge >= 0.3 is 0 Å². The molecule has 1 aliphatic rings. The number of aryl methyl sites for hydroxylation is 1. The minimum Gasteiger partial charge on any atom is -0.494 e. The SMILES string of the molecule is CCCCN(C(=O)CCCOc1ccc2c(c1)CCC(=O)N2)c1cccnc1. The van der Waals surface area contributed by atoms with Crippen molar-refractivity contribution in [1.82, 2.24) is 4.98 Å². The van der Waals surface area contributed by atoms with Gasteiger partial charge in [-0.25, -0.2) is 0 Å². The van der Waals surface area contributed by atoms with Gasteiger partial charge in [0.05, 0.1) is 18.5 Å². The van der Waals surface area contributed by atoms with Crippen molar-refractivity contribution in [3.63, 3.8) is 0 Å². The molecule has 1 aromatic carbocycles. The summed E-state index contributed by atoms with van der Waals surface area (Å²) in [6, 6.07) is 9.48. The lowest BCUT2D eigenvalue weighted by molar-refractivity contribution is -0.119. The number of rotatable bonds is 9. The van der Waals surface area contributed by atoms with E-state index in [2.05, 4.69) is 17.2 Å². The number of fused-ring (bicyclic) bond motifs is 1. The predicted octanol–water partition coefficient (Wildman–Crippen LogP) is 3.96. The van der Waals surface area contributed by atoms with Crippen molar-refractivity contribution >= 4 is 23.2 Å². The molecule has 148 valence electrons. The number of unbranched alkanes of at least 4 members (excludes halogenated alkanes) is 1. The molecule has 28 heavy (non-hydrogen) atoms. The van der Waals surface area contributed by atoms with Crippen LogP contribution in [0.1, 0.15) is 44.6 Å². The number of nitrogens with zero attached hydrogens (tertiary/aromatic N) is 2. The van der Waals surface area contributed by atoms with E-state index in [-0.39, 0.29) is 11.8 Å². The molecule has 0 unspecified atom stereocenters. The fraction of sp³-hybridized carbons (Fsp3) is 0.409. The van der Waals surface area contributed by atoms with Crippen molar-refractivity contribution in [3.8, 4) is 5.75 Å². The molecule has 3 rings (SSSR count). The van der Waals surface area contributed by atoms with Crippen LogP contribution in [0, 0.1) is 0 Å². The Labute approximate surface area is 165 Å². The highest BCUT2D eigenvalue weighted by Crippen LogP contribution is 2.27. The normalized spacial score (nSPS) is 12.8. The van der Waals surface area contributed by atoms with Gasteiger partial charge in [0, 0.05) is 31.3 Å². The smallest absolute Gasteiger partial charge is 0.227 e. The monoisotopic (exact) mass is 381 g/mol. The average Bonchev–Trinajstić information content (AvgIpc) is 2.72. The molecule has 1 N–H and O–H groups in total. The summed E-state index contributed by atoms with van der Waals surface area (Å²) in [5.74, 6) is 0.927. The first-order valence-electron chi connectivity index (χ1n) is 9.93. The van der Waals surface area contributed by atoms with Crippen LogP contribution in [0.5, 0.6) is 5.75 Å². The molecule has 1 aromatic heterocycles. The summed E-state index contributed by atoms with van der Waals surface area (Å²) in [7, 11) is 0. The Morgan fingerprint density at radius 1 is 1.25 bits per heavy atom. The third kappa shape index (κ3) is 5.31.